The second kappa shape index (κ2) is 8.32. The number of ether oxygens (including phenoxy) is 1. The van der Waals surface area contributed by atoms with E-state index in [4.69, 9.17) is 4.74 Å². The molecule has 0 bridgehead atoms. The van der Waals surface area contributed by atoms with Crippen LogP contribution in [0.1, 0.15) is 113 Å². The number of aliphatic carboxylic acids is 1. The highest BCUT2D eigenvalue weighted by Crippen LogP contribution is 2.75. The molecule has 0 aromatic rings. The number of allylic oxidation sites excluding steroid dienone is 2. The second-order valence-electron chi connectivity index (χ2n) is 15.5. The molecule has 37 heavy (non-hydrogen) atoms. The maximum absolute atomic E-state index is 12.8. The molecule has 0 unspecified atom stereocenters. The Balaban J connectivity index is 1.58. The molecule has 0 aromatic heterocycles. The van der Waals surface area contributed by atoms with Crippen molar-refractivity contribution in [1.82, 2.24) is 0 Å². The van der Waals surface area contributed by atoms with Gasteiger partial charge in [-0.05, 0) is 98.2 Å². The third-order valence-electron chi connectivity index (χ3n) is 13.3. The van der Waals surface area contributed by atoms with Gasteiger partial charge in [0.2, 0.25) is 0 Å². The van der Waals surface area contributed by atoms with E-state index in [0.29, 0.717) is 5.92 Å². The maximum atomic E-state index is 12.8. The molecular formula is C32H50O5. The molecule has 4 fully saturated rings. The predicted octanol–water partition coefficient (Wildman–Crippen LogP) is 6.78. The van der Waals surface area contributed by atoms with E-state index in [0.717, 1.165) is 64.2 Å². The molecule has 5 heteroatoms. The average molecular weight is 515 g/mol. The Morgan fingerprint density at radius 1 is 0.946 bits per heavy atom. The zero-order chi connectivity index (χ0) is 27.2. The van der Waals surface area contributed by atoms with E-state index >= 15 is 0 Å². The Bertz CT molecular complexity index is 1010. The highest BCUT2D eigenvalue weighted by Gasteiger charge is 2.70. The number of carbonyl (C=O) groups excluding carboxylic acids is 1. The normalized spacial score (nSPS) is 47.8. The third-order valence-corrected chi connectivity index (χ3v) is 13.3. The first-order chi connectivity index (χ1) is 17.1. The third kappa shape index (κ3) is 3.50. The van der Waals surface area contributed by atoms with Crippen molar-refractivity contribution in [2.45, 2.75) is 119 Å². The molecule has 0 spiro atoms. The van der Waals surface area contributed by atoms with Gasteiger partial charge < -0.3 is 14.9 Å². The van der Waals surface area contributed by atoms with Crippen LogP contribution in [0.15, 0.2) is 11.6 Å². The Hall–Kier alpha value is -1.36. The quantitative estimate of drug-likeness (QED) is 0.320. The largest absolute Gasteiger partial charge is 0.481 e. The number of esters is 1. The lowest BCUT2D eigenvalue weighted by Crippen LogP contribution is -2.66. The lowest BCUT2D eigenvalue weighted by molar-refractivity contribution is -0.228. The Labute approximate surface area is 223 Å². The first-order valence-electron chi connectivity index (χ1n) is 14.8. The SMILES string of the molecule is CC(=O)O[C@@H]1CC[C@]2(CO)[C@H]3CC=C4[C@@H]5CC(C)(C)CC[C@]5(C(=O)O)CC[C@@]4(C)[C@]3(C)CC[C@H]2C1(C)C. The summed E-state index contributed by atoms with van der Waals surface area (Å²) >= 11 is 0. The van der Waals surface area contributed by atoms with Gasteiger partial charge in [-0.25, -0.2) is 0 Å². The molecule has 0 aromatic carbocycles. The molecule has 2 N–H and O–H groups in total. The lowest BCUT2D eigenvalue weighted by atomic mass is 9.33. The number of carbonyl (C=O) groups is 2. The molecule has 0 radical (unpaired) electrons. The summed E-state index contributed by atoms with van der Waals surface area (Å²) in [6.07, 6.45) is 11.4. The Morgan fingerprint density at radius 3 is 2.24 bits per heavy atom. The van der Waals surface area contributed by atoms with Gasteiger partial charge in [-0.2, -0.15) is 0 Å². The maximum Gasteiger partial charge on any atom is 0.310 e. The summed E-state index contributed by atoms with van der Waals surface area (Å²) in [5, 5.41) is 21.7. The number of aliphatic hydroxyl groups excluding tert-OH is 1. The van der Waals surface area contributed by atoms with Crippen molar-refractivity contribution in [2.75, 3.05) is 6.61 Å². The van der Waals surface area contributed by atoms with Crippen molar-refractivity contribution in [3.05, 3.63) is 11.6 Å². The summed E-state index contributed by atoms with van der Waals surface area (Å²) in [5.74, 6) is -0.0833. The van der Waals surface area contributed by atoms with Gasteiger partial charge in [0.1, 0.15) is 6.10 Å². The topological polar surface area (TPSA) is 83.8 Å². The minimum atomic E-state index is -0.625. The molecule has 208 valence electrons. The van der Waals surface area contributed by atoms with E-state index < -0.39 is 11.4 Å². The van der Waals surface area contributed by atoms with E-state index in [9.17, 15) is 19.8 Å². The molecule has 5 aliphatic carbocycles. The van der Waals surface area contributed by atoms with Crippen LogP contribution < -0.4 is 0 Å². The smallest absolute Gasteiger partial charge is 0.310 e. The van der Waals surface area contributed by atoms with Crippen LogP contribution >= 0.6 is 0 Å². The monoisotopic (exact) mass is 514 g/mol. The highest BCUT2D eigenvalue weighted by atomic mass is 16.5. The molecule has 0 amide bonds. The zero-order valence-electron chi connectivity index (χ0n) is 24.3. The number of rotatable bonds is 3. The number of aliphatic hydroxyl groups is 1. The van der Waals surface area contributed by atoms with Gasteiger partial charge in [-0.15, -0.1) is 0 Å². The molecular weight excluding hydrogens is 464 g/mol. The molecule has 0 heterocycles. The molecule has 0 aliphatic heterocycles. The summed E-state index contributed by atoms with van der Waals surface area (Å²) in [6.45, 7) is 15.7. The van der Waals surface area contributed by atoms with Crippen LogP contribution in [0.2, 0.25) is 0 Å². The number of hydrogen-bond acceptors (Lipinski definition) is 4. The van der Waals surface area contributed by atoms with Crippen molar-refractivity contribution in [3.63, 3.8) is 0 Å². The zero-order valence-corrected chi connectivity index (χ0v) is 24.3. The van der Waals surface area contributed by atoms with Crippen molar-refractivity contribution in [2.24, 2.45) is 50.2 Å². The first-order valence-corrected chi connectivity index (χ1v) is 14.8. The number of fused-ring (bicyclic) bond motifs is 7. The van der Waals surface area contributed by atoms with Crippen LogP contribution in [-0.2, 0) is 14.3 Å². The number of carboxylic acids is 1. The van der Waals surface area contributed by atoms with E-state index in [1.165, 1.54) is 12.5 Å². The van der Waals surface area contributed by atoms with Crippen molar-refractivity contribution < 1.29 is 24.5 Å². The first kappa shape index (κ1) is 27.2. The molecule has 5 aliphatic rings. The summed E-state index contributed by atoms with van der Waals surface area (Å²) in [6, 6.07) is 0. The second-order valence-corrected chi connectivity index (χ2v) is 15.5. The molecule has 8 atom stereocenters. The van der Waals surface area contributed by atoms with Crippen molar-refractivity contribution in [1.29, 1.82) is 0 Å². The minimum Gasteiger partial charge on any atom is -0.481 e. The van der Waals surface area contributed by atoms with E-state index in [2.05, 4.69) is 47.6 Å². The Kier molecular flexibility index (Phi) is 6.12. The Morgan fingerprint density at radius 2 is 1.62 bits per heavy atom. The van der Waals surface area contributed by atoms with Crippen LogP contribution in [0.3, 0.4) is 0 Å². The van der Waals surface area contributed by atoms with Crippen molar-refractivity contribution in [3.8, 4) is 0 Å². The lowest BCUT2D eigenvalue weighted by Gasteiger charge is -2.71. The standard InChI is InChI=1S/C32H50O5/c1-20(34)37-25-11-13-32(19-33)23(28(25,4)5)10-12-30(7)24(32)9-8-21-22-18-27(2,3)14-16-31(22,26(35)36)17-15-29(21,30)6/h8,22-25,33H,9-19H2,1-7H3,(H,35,36)/t22-,23-,24-,25+,29+,30+,31-,32+/m0/s1. The minimum absolute atomic E-state index is 0.00686. The summed E-state index contributed by atoms with van der Waals surface area (Å²) < 4.78 is 5.84. The van der Waals surface area contributed by atoms with E-state index in [1.54, 1.807) is 0 Å². The van der Waals surface area contributed by atoms with E-state index in [-0.39, 0.29) is 57.6 Å². The van der Waals surface area contributed by atoms with Gasteiger partial charge in [0, 0.05) is 24.4 Å². The van der Waals surface area contributed by atoms with Crippen LogP contribution in [0, 0.1) is 50.2 Å². The van der Waals surface area contributed by atoms with Gasteiger partial charge in [0.05, 0.1) is 5.41 Å². The van der Waals surface area contributed by atoms with Crippen LogP contribution in [0.4, 0.5) is 0 Å². The fourth-order valence-electron chi connectivity index (χ4n) is 11.0. The molecule has 5 rings (SSSR count). The van der Waals surface area contributed by atoms with Gasteiger partial charge in [0.25, 0.3) is 0 Å². The average Bonchev–Trinajstić information content (AvgIpc) is 2.80. The molecule has 0 saturated heterocycles. The van der Waals surface area contributed by atoms with E-state index in [1.807, 2.05) is 0 Å². The van der Waals surface area contributed by atoms with Gasteiger partial charge in [-0.1, -0.05) is 53.2 Å². The summed E-state index contributed by atoms with van der Waals surface area (Å²) in [5.41, 5.74) is 0.503. The molecule has 5 nitrogen and oxygen atoms in total. The van der Waals surface area contributed by atoms with Crippen LogP contribution in [0.5, 0.6) is 0 Å². The fourth-order valence-corrected chi connectivity index (χ4v) is 11.0. The van der Waals surface area contributed by atoms with Gasteiger partial charge in [0.15, 0.2) is 0 Å². The van der Waals surface area contributed by atoms with Gasteiger partial charge in [-0.3, -0.25) is 9.59 Å². The predicted molar refractivity (Wildman–Crippen MR) is 144 cm³/mol. The fraction of sp³-hybridized carbons (Fsp3) is 0.875. The highest BCUT2D eigenvalue weighted by molar-refractivity contribution is 5.76. The summed E-state index contributed by atoms with van der Waals surface area (Å²) in [4.78, 5) is 24.7. The summed E-state index contributed by atoms with van der Waals surface area (Å²) in [7, 11) is 0. The van der Waals surface area contributed by atoms with Crippen LogP contribution in [0.25, 0.3) is 0 Å². The number of hydrogen-bond donors (Lipinski definition) is 2. The van der Waals surface area contributed by atoms with Crippen LogP contribution in [-0.4, -0.2) is 34.9 Å². The van der Waals surface area contributed by atoms with Crippen molar-refractivity contribution >= 4 is 11.9 Å². The molecule has 4 saturated carbocycles. The number of carboxylic acid groups (broad SMARTS) is 1. The van der Waals surface area contributed by atoms with Gasteiger partial charge >= 0.3 is 11.9 Å².